The molecule has 0 saturated carbocycles. The van der Waals surface area contributed by atoms with Crippen molar-refractivity contribution in [1.82, 2.24) is 0 Å². The maximum absolute atomic E-state index is 12.0. The molecule has 1 N–H and O–H groups in total. The molecule has 0 saturated heterocycles. The third-order valence-corrected chi connectivity index (χ3v) is 3.08. The number of carbonyl (C=O) groups is 1. The van der Waals surface area contributed by atoms with Crippen molar-refractivity contribution in [2.45, 2.75) is 13.0 Å². The first-order valence-corrected chi connectivity index (χ1v) is 6.83. The number of nitro benzene ring substituents is 2. The maximum atomic E-state index is 12.0. The molecule has 1 unspecified atom stereocenters. The molecule has 2 aromatic carbocycles. The molecule has 0 spiro atoms. The first kappa shape index (κ1) is 16.9. The fourth-order valence-electron chi connectivity index (χ4n) is 1.81. The molecule has 2 aromatic rings. The summed E-state index contributed by atoms with van der Waals surface area (Å²) in [5.74, 6) is -0.144. The highest BCUT2D eigenvalue weighted by Crippen LogP contribution is 2.19. The minimum Gasteiger partial charge on any atom is -0.481 e. The second-order valence-electron chi connectivity index (χ2n) is 4.80. The van der Waals surface area contributed by atoms with Gasteiger partial charge >= 0.3 is 0 Å². The second-order valence-corrected chi connectivity index (χ2v) is 4.80. The lowest BCUT2D eigenvalue weighted by Crippen LogP contribution is -2.30. The number of hydrogen-bond donors (Lipinski definition) is 1. The molecule has 0 aliphatic heterocycles. The lowest BCUT2D eigenvalue weighted by atomic mass is 10.2. The molecule has 124 valence electrons. The van der Waals surface area contributed by atoms with Crippen molar-refractivity contribution in [1.29, 1.82) is 0 Å². The van der Waals surface area contributed by atoms with E-state index in [0.29, 0.717) is 11.4 Å². The van der Waals surface area contributed by atoms with Crippen LogP contribution in [0.15, 0.2) is 48.5 Å². The van der Waals surface area contributed by atoms with E-state index in [2.05, 4.69) is 5.32 Å². The van der Waals surface area contributed by atoms with Crippen LogP contribution in [0.2, 0.25) is 0 Å². The number of anilines is 1. The van der Waals surface area contributed by atoms with Crippen LogP contribution in [-0.2, 0) is 4.79 Å². The fraction of sp³-hybridized carbons (Fsp3) is 0.133. The SMILES string of the molecule is CC(Oc1ccc([N+](=O)[O-])cc1)C(=O)Nc1ccc([N+](=O)[O-])cc1. The number of benzene rings is 2. The molecule has 0 aliphatic rings. The van der Waals surface area contributed by atoms with Crippen LogP contribution in [0.25, 0.3) is 0 Å². The van der Waals surface area contributed by atoms with E-state index in [0.717, 1.165) is 0 Å². The van der Waals surface area contributed by atoms with Gasteiger partial charge in [0.1, 0.15) is 5.75 Å². The van der Waals surface area contributed by atoms with Gasteiger partial charge in [-0.2, -0.15) is 0 Å². The summed E-state index contributed by atoms with van der Waals surface area (Å²) in [6.45, 7) is 1.52. The summed E-state index contributed by atoms with van der Waals surface area (Å²) in [6.07, 6.45) is -0.860. The molecule has 24 heavy (non-hydrogen) atoms. The van der Waals surface area contributed by atoms with Crippen LogP contribution in [0.3, 0.4) is 0 Å². The lowest BCUT2D eigenvalue weighted by Gasteiger charge is -2.14. The molecule has 0 aliphatic carbocycles. The van der Waals surface area contributed by atoms with Crippen molar-refractivity contribution in [2.24, 2.45) is 0 Å². The van der Waals surface area contributed by atoms with Crippen molar-refractivity contribution in [3.63, 3.8) is 0 Å². The number of nitro groups is 2. The maximum Gasteiger partial charge on any atom is 0.269 e. The predicted molar refractivity (Wildman–Crippen MR) is 84.9 cm³/mol. The highest BCUT2D eigenvalue weighted by molar-refractivity contribution is 5.94. The molecule has 9 nitrogen and oxygen atoms in total. The fourth-order valence-corrected chi connectivity index (χ4v) is 1.81. The van der Waals surface area contributed by atoms with E-state index in [1.165, 1.54) is 55.5 Å². The Kier molecular flexibility index (Phi) is 5.05. The van der Waals surface area contributed by atoms with E-state index in [1.807, 2.05) is 0 Å². The minimum atomic E-state index is -0.860. The summed E-state index contributed by atoms with van der Waals surface area (Å²) < 4.78 is 5.40. The Balaban J connectivity index is 1.96. The van der Waals surface area contributed by atoms with Crippen LogP contribution >= 0.6 is 0 Å². The molecule has 1 atom stereocenters. The largest absolute Gasteiger partial charge is 0.481 e. The van der Waals surface area contributed by atoms with Gasteiger partial charge in [-0.3, -0.25) is 25.0 Å². The molecule has 1 amide bonds. The van der Waals surface area contributed by atoms with Gasteiger partial charge in [0.25, 0.3) is 17.3 Å². The Morgan fingerprint density at radius 2 is 1.42 bits per heavy atom. The summed E-state index contributed by atoms with van der Waals surface area (Å²) in [5.41, 5.74) is 0.235. The van der Waals surface area contributed by atoms with Crippen LogP contribution in [0.4, 0.5) is 17.1 Å². The summed E-state index contributed by atoms with van der Waals surface area (Å²) in [5, 5.41) is 23.7. The normalized spacial score (nSPS) is 11.4. The van der Waals surface area contributed by atoms with Crippen molar-refractivity contribution in [3.05, 3.63) is 68.8 Å². The highest BCUT2D eigenvalue weighted by Gasteiger charge is 2.16. The third kappa shape index (κ3) is 4.26. The average molecular weight is 331 g/mol. The van der Waals surface area contributed by atoms with Crippen LogP contribution in [-0.4, -0.2) is 21.9 Å². The zero-order valence-corrected chi connectivity index (χ0v) is 12.5. The van der Waals surface area contributed by atoms with E-state index >= 15 is 0 Å². The highest BCUT2D eigenvalue weighted by atomic mass is 16.6. The zero-order chi connectivity index (χ0) is 17.7. The van der Waals surface area contributed by atoms with Crippen molar-refractivity contribution >= 4 is 23.0 Å². The predicted octanol–water partition coefficient (Wildman–Crippen LogP) is 2.91. The van der Waals surface area contributed by atoms with Gasteiger partial charge in [0, 0.05) is 30.0 Å². The Labute approximate surface area is 136 Å². The van der Waals surface area contributed by atoms with Crippen LogP contribution in [0.1, 0.15) is 6.92 Å². The monoisotopic (exact) mass is 331 g/mol. The first-order valence-electron chi connectivity index (χ1n) is 6.83. The minimum absolute atomic E-state index is 0.0784. The molecule has 0 aromatic heterocycles. The van der Waals surface area contributed by atoms with Crippen molar-refractivity contribution < 1.29 is 19.4 Å². The Bertz CT molecular complexity index is 758. The Morgan fingerprint density at radius 3 is 1.88 bits per heavy atom. The van der Waals surface area contributed by atoms with E-state index < -0.39 is 21.9 Å². The number of nitrogens with one attached hydrogen (secondary N) is 1. The van der Waals surface area contributed by atoms with E-state index in [1.54, 1.807) is 0 Å². The zero-order valence-electron chi connectivity index (χ0n) is 12.5. The van der Waals surface area contributed by atoms with Gasteiger partial charge in [-0.1, -0.05) is 0 Å². The lowest BCUT2D eigenvalue weighted by molar-refractivity contribution is -0.385. The summed E-state index contributed by atoms with van der Waals surface area (Å²) >= 11 is 0. The third-order valence-electron chi connectivity index (χ3n) is 3.08. The van der Waals surface area contributed by atoms with Gasteiger partial charge < -0.3 is 10.1 Å². The van der Waals surface area contributed by atoms with Gasteiger partial charge in [-0.15, -0.1) is 0 Å². The van der Waals surface area contributed by atoms with Crippen LogP contribution < -0.4 is 10.1 Å². The van der Waals surface area contributed by atoms with Gasteiger partial charge in [0.2, 0.25) is 0 Å². The topological polar surface area (TPSA) is 125 Å². The number of amides is 1. The summed E-state index contributed by atoms with van der Waals surface area (Å²) in [7, 11) is 0. The Hall–Kier alpha value is -3.49. The van der Waals surface area contributed by atoms with E-state index in [9.17, 15) is 25.0 Å². The molecule has 0 fully saturated rings. The quantitative estimate of drug-likeness (QED) is 0.641. The Morgan fingerprint density at radius 1 is 0.958 bits per heavy atom. The van der Waals surface area contributed by atoms with Crippen molar-refractivity contribution in [3.8, 4) is 5.75 Å². The van der Waals surface area contributed by atoms with Crippen molar-refractivity contribution in [2.75, 3.05) is 5.32 Å². The van der Waals surface area contributed by atoms with Crippen LogP contribution in [0, 0.1) is 20.2 Å². The van der Waals surface area contributed by atoms with Crippen LogP contribution in [0.5, 0.6) is 5.75 Å². The number of rotatable bonds is 6. The van der Waals surface area contributed by atoms with Gasteiger partial charge in [-0.25, -0.2) is 0 Å². The molecule has 0 radical (unpaired) electrons. The molecular weight excluding hydrogens is 318 g/mol. The molecule has 0 heterocycles. The second kappa shape index (κ2) is 7.18. The number of non-ortho nitro benzene ring substituents is 2. The molecule has 9 heteroatoms. The molecular formula is C15H13N3O6. The van der Waals surface area contributed by atoms with Gasteiger partial charge in [0.15, 0.2) is 6.10 Å². The number of ether oxygens (including phenoxy) is 1. The number of hydrogen-bond acceptors (Lipinski definition) is 6. The molecule has 0 bridgehead atoms. The van der Waals surface area contributed by atoms with E-state index in [-0.39, 0.29) is 11.4 Å². The smallest absolute Gasteiger partial charge is 0.269 e. The standard InChI is InChI=1S/C15H13N3O6/c1-10(24-14-8-6-13(7-9-14)18(22)23)15(19)16-11-2-4-12(5-3-11)17(20)21/h2-10H,1H3,(H,16,19). The summed E-state index contributed by atoms with van der Waals surface area (Å²) in [4.78, 5) is 32.1. The summed E-state index contributed by atoms with van der Waals surface area (Å²) in [6, 6.07) is 10.7. The van der Waals surface area contributed by atoms with E-state index in [4.69, 9.17) is 4.74 Å². The number of carbonyl (C=O) groups excluding carboxylic acids is 1. The number of nitrogens with zero attached hydrogens (tertiary/aromatic N) is 2. The first-order chi connectivity index (χ1) is 11.4. The average Bonchev–Trinajstić information content (AvgIpc) is 2.55. The van der Waals surface area contributed by atoms with Gasteiger partial charge in [-0.05, 0) is 31.2 Å². The van der Waals surface area contributed by atoms with Gasteiger partial charge in [0.05, 0.1) is 9.85 Å². The molecule has 2 rings (SSSR count).